The van der Waals surface area contributed by atoms with Crippen molar-refractivity contribution < 1.29 is 27.5 Å². The zero-order valence-electron chi connectivity index (χ0n) is 11.7. The van der Waals surface area contributed by atoms with Gasteiger partial charge in [-0.25, -0.2) is 4.98 Å². The predicted octanol–water partition coefficient (Wildman–Crippen LogP) is 2.71. The molecule has 0 aliphatic heterocycles. The number of aliphatic hydroxyl groups excluding tert-OH is 1. The number of aliphatic hydroxyl groups is 1. The van der Waals surface area contributed by atoms with Crippen LogP contribution < -0.4 is 0 Å². The van der Waals surface area contributed by atoms with Crippen molar-refractivity contribution in [3.8, 4) is 10.8 Å². The number of rotatable bonds is 4. The molecule has 0 aliphatic carbocycles. The van der Waals surface area contributed by atoms with Crippen molar-refractivity contribution in [1.82, 2.24) is 9.88 Å². The Morgan fingerprint density at radius 2 is 2.23 bits per heavy atom. The van der Waals surface area contributed by atoms with Gasteiger partial charge in [0, 0.05) is 11.9 Å². The quantitative estimate of drug-likeness (QED) is 0.934. The third-order valence-electron chi connectivity index (χ3n) is 2.90. The smallest absolute Gasteiger partial charge is 0.416 e. The van der Waals surface area contributed by atoms with Crippen molar-refractivity contribution in [3.63, 3.8) is 0 Å². The minimum absolute atomic E-state index is 0.0493. The maximum atomic E-state index is 12.3. The third kappa shape index (κ3) is 3.47. The van der Waals surface area contributed by atoms with Crippen LogP contribution in [-0.2, 0) is 0 Å². The number of furan rings is 1. The molecular formula is C13H13F3N2O3S. The fourth-order valence-electron chi connectivity index (χ4n) is 1.73. The Hall–Kier alpha value is -1.87. The minimum Gasteiger partial charge on any atom is -0.462 e. The van der Waals surface area contributed by atoms with Crippen LogP contribution in [-0.4, -0.2) is 46.8 Å². The van der Waals surface area contributed by atoms with Gasteiger partial charge < -0.3 is 14.4 Å². The fraction of sp³-hybridized carbons (Fsp3) is 0.385. The lowest BCUT2D eigenvalue weighted by Crippen LogP contribution is -2.42. The number of aryl methyl sites for hydroxylation is 1. The molecule has 0 aromatic carbocycles. The molecule has 1 atom stereocenters. The van der Waals surface area contributed by atoms with Crippen LogP contribution in [0.15, 0.2) is 22.8 Å². The van der Waals surface area contributed by atoms with Crippen molar-refractivity contribution >= 4 is 17.2 Å². The summed E-state index contributed by atoms with van der Waals surface area (Å²) in [5, 5.41) is 9.49. The highest BCUT2D eigenvalue weighted by molar-refractivity contribution is 7.15. The molecule has 2 rings (SSSR count). The number of hydrogen-bond acceptors (Lipinski definition) is 5. The van der Waals surface area contributed by atoms with Crippen LogP contribution in [0.2, 0.25) is 0 Å². The summed E-state index contributed by atoms with van der Waals surface area (Å²) < 4.78 is 42.2. The number of amides is 1. The first-order valence-corrected chi connectivity index (χ1v) is 7.03. The SMILES string of the molecule is Cc1sc(-c2ccco2)nc1C(=O)N(C)CC(O)C(F)(F)F. The Morgan fingerprint density at radius 3 is 2.77 bits per heavy atom. The molecule has 1 N–H and O–H groups in total. The van der Waals surface area contributed by atoms with E-state index in [1.165, 1.54) is 24.6 Å². The molecule has 22 heavy (non-hydrogen) atoms. The normalized spacial score (nSPS) is 13.2. The number of likely N-dealkylation sites (N-methyl/N-ethyl adjacent to an activating group) is 1. The molecule has 0 bridgehead atoms. The Bertz CT molecular complexity index is 652. The molecule has 0 spiro atoms. The Balaban J connectivity index is 2.16. The van der Waals surface area contributed by atoms with Crippen LogP contribution in [0.25, 0.3) is 10.8 Å². The van der Waals surface area contributed by atoms with E-state index < -0.39 is 24.7 Å². The molecule has 0 aliphatic rings. The largest absolute Gasteiger partial charge is 0.462 e. The summed E-state index contributed by atoms with van der Waals surface area (Å²) in [5.41, 5.74) is 0.0493. The van der Waals surface area contributed by atoms with Gasteiger partial charge >= 0.3 is 6.18 Å². The minimum atomic E-state index is -4.77. The van der Waals surface area contributed by atoms with E-state index in [4.69, 9.17) is 9.52 Å². The van der Waals surface area contributed by atoms with Gasteiger partial charge in [0.05, 0.1) is 12.8 Å². The molecule has 2 heterocycles. The van der Waals surface area contributed by atoms with Gasteiger partial charge in [-0.1, -0.05) is 0 Å². The summed E-state index contributed by atoms with van der Waals surface area (Å²) in [6, 6.07) is 3.34. The lowest BCUT2D eigenvalue weighted by atomic mass is 10.3. The zero-order chi connectivity index (χ0) is 16.5. The van der Waals surface area contributed by atoms with Gasteiger partial charge in [0.1, 0.15) is 5.69 Å². The highest BCUT2D eigenvalue weighted by Gasteiger charge is 2.39. The van der Waals surface area contributed by atoms with E-state index in [0.717, 1.165) is 4.90 Å². The summed E-state index contributed by atoms with van der Waals surface area (Å²) in [4.78, 5) is 17.6. The summed E-state index contributed by atoms with van der Waals surface area (Å²) in [7, 11) is 1.18. The van der Waals surface area contributed by atoms with Gasteiger partial charge in [-0.2, -0.15) is 13.2 Å². The van der Waals surface area contributed by atoms with Crippen molar-refractivity contribution in [2.24, 2.45) is 0 Å². The second-order valence-corrected chi connectivity index (χ2v) is 5.85. The second-order valence-electron chi connectivity index (χ2n) is 4.64. The maximum absolute atomic E-state index is 12.3. The summed E-state index contributed by atoms with van der Waals surface area (Å²) >= 11 is 1.21. The van der Waals surface area contributed by atoms with Gasteiger partial charge in [0.25, 0.3) is 5.91 Å². The molecule has 1 amide bonds. The molecule has 0 saturated heterocycles. The predicted molar refractivity (Wildman–Crippen MR) is 73.6 cm³/mol. The summed E-state index contributed by atoms with van der Waals surface area (Å²) in [5.74, 6) is -0.208. The van der Waals surface area contributed by atoms with Crippen LogP contribution in [0.4, 0.5) is 13.2 Å². The highest BCUT2D eigenvalue weighted by atomic mass is 32.1. The van der Waals surface area contributed by atoms with Gasteiger partial charge in [-0.05, 0) is 19.1 Å². The first-order valence-electron chi connectivity index (χ1n) is 6.21. The van der Waals surface area contributed by atoms with Crippen LogP contribution in [0.5, 0.6) is 0 Å². The number of carbonyl (C=O) groups is 1. The number of aromatic nitrogens is 1. The molecule has 120 valence electrons. The number of thiazole rings is 1. The fourth-order valence-corrected chi connectivity index (χ4v) is 2.60. The van der Waals surface area contributed by atoms with Gasteiger partial charge in [0.15, 0.2) is 16.9 Å². The average molecular weight is 334 g/mol. The van der Waals surface area contributed by atoms with Crippen molar-refractivity contribution in [2.75, 3.05) is 13.6 Å². The number of hydrogen-bond donors (Lipinski definition) is 1. The molecular weight excluding hydrogens is 321 g/mol. The van der Waals surface area contributed by atoms with E-state index in [-0.39, 0.29) is 5.69 Å². The standard InChI is InChI=1S/C13H13F3N2O3S/c1-7-10(17-11(22-7)8-4-3-5-21-8)12(20)18(2)6-9(19)13(14,15)16/h3-5,9,19H,6H2,1-2H3. The third-order valence-corrected chi connectivity index (χ3v) is 3.89. The summed E-state index contributed by atoms with van der Waals surface area (Å²) in [6.45, 7) is 0.792. The molecule has 5 nitrogen and oxygen atoms in total. The Morgan fingerprint density at radius 1 is 1.55 bits per heavy atom. The van der Waals surface area contributed by atoms with Crippen molar-refractivity contribution in [2.45, 2.75) is 19.2 Å². The van der Waals surface area contributed by atoms with Crippen LogP contribution >= 0.6 is 11.3 Å². The first-order chi connectivity index (χ1) is 10.2. The van der Waals surface area contributed by atoms with Gasteiger partial charge in [0.2, 0.25) is 0 Å². The topological polar surface area (TPSA) is 66.6 Å². The van der Waals surface area contributed by atoms with Crippen molar-refractivity contribution in [3.05, 3.63) is 29.0 Å². The molecule has 0 saturated carbocycles. The molecule has 2 aromatic rings. The maximum Gasteiger partial charge on any atom is 0.416 e. The average Bonchev–Trinajstić information content (AvgIpc) is 3.05. The molecule has 0 fully saturated rings. The number of alkyl halides is 3. The lowest BCUT2D eigenvalue weighted by Gasteiger charge is -2.21. The molecule has 0 radical (unpaired) electrons. The van der Waals surface area contributed by atoms with E-state index >= 15 is 0 Å². The van der Waals surface area contributed by atoms with Crippen LogP contribution in [0.1, 0.15) is 15.4 Å². The number of halogens is 3. The summed E-state index contributed by atoms with van der Waals surface area (Å²) in [6.07, 6.45) is -5.91. The lowest BCUT2D eigenvalue weighted by molar-refractivity contribution is -0.205. The zero-order valence-corrected chi connectivity index (χ0v) is 12.5. The van der Waals surface area contributed by atoms with Crippen LogP contribution in [0, 0.1) is 6.92 Å². The molecule has 9 heteroatoms. The Labute approximate surface area is 128 Å². The second kappa shape index (κ2) is 6.09. The van der Waals surface area contributed by atoms with Gasteiger partial charge in [-0.15, -0.1) is 11.3 Å². The highest BCUT2D eigenvalue weighted by Crippen LogP contribution is 2.28. The van der Waals surface area contributed by atoms with Crippen LogP contribution in [0.3, 0.4) is 0 Å². The van der Waals surface area contributed by atoms with E-state index in [0.29, 0.717) is 15.6 Å². The number of nitrogens with zero attached hydrogens (tertiary/aromatic N) is 2. The van der Waals surface area contributed by atoms with E-state index in [1.807, 2.05) is 0 Å². The first kappa shape index (κ1) is 16.5. The molecule has 1 unspecified atom stereocenters. The van der Waals surface area contributed by atoms with Gasteiger partial charge in [-0.3, -0.25) is 4.79 Å². The van der Waals surface area contributed by atoms with E-state index in [2.05, 4.69) is 4.98 Å². The monoisotopic (exact) mass is 334 g/mol. The Kier molecular flexibility index (Phi) is 4.57. The number of carbonyl (C=O) groups excluding carboxylic acids is 1. The van der Waals surface area contributed by atoms with E-state index in [9.17, 15) is 18.0 Å². The van der Waals surface area contributed by atoms with Crippen molar-refractivity contribution in [1.29, 1.82) is 0 Å². The van der Waals surface area contributed by atoms with E-state index in [1.54, 1.807) is 19.1 Å². The molecule has 2 aromatic heterocycles.